The molecule has 7 nitrogen and oxygen atoms in total. The molecule has 0 atom stereocenters. The number of nitrogens with zero attached hydrogens (tertiary/aromatic N) is 5. The Balaban J connectivity index is 1.42. The molecular formula is C21H20N6OS. The van der Waals surface area contributed by atoms with Gasteiger partial charge in [0.05, 0.1) is 22.8 Å². The Bertz CT molecular complexity index is 1140. The van der Waals surface area contributed by atoms with Gasteiger partial charge in [0, 0.05) is 17.5 Å². The van der Waals surface area contributed by atoms with Crippen LogP contribution < -0.4 is 5.32 Å². The maximum atomic E-state index is 12.5. The van der Waals surface area contributed by atoms with E-state index in [4.69, 9.17) is 0 Å². The Hall–Kier alpha value is -3.39. The summed E-state index contributed by atoms with van der Waals surface area (Å²) in [6, 6.07) is 15.9. The number of tetrazole rings is 1. The van der Waals surface area contributed by atoms with Gasteiger partial charge in [0.25, 0.3) is 0 Å². The number of benzene rings is 2. The number of hydrogen-bond donors (Lipinski definition) is 1. The summed E-state index contributed by atoms with van der Waals surface area (Å²) in [7, 11) is 0. The van der Waals surface area contributed by atoms with Crippen molar-refractivity contribution in [2.24, 2.45) is 0 Å². The summed E-state index contributed by atoms with van der Waals surface area (Å²) in [6.45, 7) is 3.81. The summed E-state index contributed by atoms with van der Waals surface area (Å²) < 4.78 is 1.65. The van der Waals surface area contributed by atoms with Gasteiger partial charge in [0.1, 0.15) is 0 Å². The highest BCUT2D eigenvalue weighted by atomic mass is 32.1. The lowest BCUT2D eigenvalue weighted by atomic mass is 10.1. The number of anilines is 1. The third-order valence-electron chi connectivity index (χ3n) is 4.49. The summed E-state index contributed by atoms with van der Waals surface area (Å²) in [5, 5.41) is 17.5. The highest BCUT2D eigenvalue weighted by molar-refractivity contribution is 7.09. The van der Waals surface area contributed by atoms with Crippen LogP contribution in [0.4, 0.5) is 5.69 Å². The van der Waals surface area contributed by atoms with Gasteiger partial charge in [-0.3, -0.25) is 4.79 Å². The number of hydrogen-bond acceptors (Lipinski definition) is 6. The van der Waals surface area contributed by atoms with Crippen LogP contribution in [0, 0.1) is 13.8 Å². The molecule has 0 saturated carbocycles. The summed E-state index contributed by atoms with van der Waals surface area (Å²) in [5.74, 6) is 0.579. The van der Waals surface area contributed by atoms with Crippen LogP contribution in [0.1, 0.15) is 27.7 Å². The van der Waals surface area contributed by atoms with Crippen molar-refractivity contribution in [3.8, 4) is 5.69 Å². The molecule has 1 N–H and O–H groups in total. The highest BCUT2D eigenvalue weighted by Crippen LogP contribution is 2.20. The van der Waals surface area contributed by atoms with Gasteiger partial charge in [-0.2, -0.15) is 4.68 Å². The Morgan fingerprint density at radius 3 is 2.72 bits per heavy atom. The van der Waals surface area contributed by atoms with Crippen molar-refractivity contribution in [3.05, 3.63) is 81.6 Å². The van der Waals surface area contributed by atoms with Gasteiger partial charge < -0.3 is 5.32 Å². The first-order chi connectivity index (χ1) is 14.1. The van der Waals surface area contributed by atoms with Gasteiger partial charge in [0.15, 0.2) is 5.82 Å². The molecule has 2 aromatic carbocycles. The Labute approximate surface area is 172 Å². The van der Waals surface area contributed by atoms with Crippen LogP contribution in [0.15, 0.2) is 53.9 Å². The van der Waals surface area contributed by atoms with E-state index in [1.807, 2.05) is 55.6 Å². The summed E-state index contributed by atoms with van der Waals surface area (Å²) in [4.78, 5) is 17.1. The van der Waals surface area contributed by atoms with Crippen LogP contribution in [0.5, 0.6) is 0 Å². The average Bonchev–Trinajstić information content (AvgIpc) is 3.33. The van der Waals surface area contributed by atoms with E-state index >= 15 is 0 Å². The third kappa shape index (κ3) is 4.55. The van der Waals surface area contributed by atoms with Gasteiger partial charge in [-0.15, -0.1) is 16.4 Å². The lowest BCUT2D eigenvalue weighted by Crippen LogP contribution is -2.15. The smallest absolute Gasteiger partial charge is 0.230 e. The molecule has 4 rings (SSSR count). The van der Waals surface area contributed by atoms with E-state index in [2.05, 4.69) is 38.0 Å². The van der Waals surface area contributed by atoms with E-state index in [0.29, 0.717) is 11.5 Å². The molecule has 0 aliphatic carbocycles. The molecule has 0 aliphatic rings. The van der Waals surface area contributed by atoms with E-state index in [-0.39, 0.29) is 12.3 Å². The zero-order valence-corrected chi connectivity index (χ0v) is 17.0. The molecule has 2 aromatic heterocycles. The van der Waals surface area contributed by atoms with Crippen molar-refractivity contribution < 1.29 is 4.79 Å². The number of aromatic nitrogens is 5. The van der Waals surface area contributed by atoms with E-state index in [0.717, 1.165) is 28.4 Å². The molecule has 2 heterocycles. The molecule has 146 valence electrons. The van der Waals surface area contributed by atoms with E-state index in [9.17, 15) is 4.79 Å². The van der Waals surface area contributed by atoms with Crippen LogP contribution in [0.25, 0.3) is 5.69 Å². The maximum Gasteiger partial charge on any atom is 0.230 e. The predicted molar refractivity (Wildman–Crippen MR) is 112 cm³/mol. The van der Waals surface area contributed by atoms with Gasteiger partial charge in [0.2, 0.25) is 5.91 Å². The molecule has 8 heteroatoms. The molecule has 1 amide bonds. The maximum absolute atomic E-state index is 12.5. The van der Waals surface area contributed by atoms with Crippen molar-refractivity contribution in [2.45, 2.75) is 26.7 Å². The van der Waals surface area contributed by atoms with Crippen molar-refractivity contribution in [2.75, 3.05) is 5.32 Å². The van der Waals surface area contributed by atoms with Crippen LogP contribution in [0.3, 0.4) is 0 Å². The molecule has 0 saturated heterocycles. The Morgan fingerprint density at radius 1 is 1.14 bits per heavy atom. The minimum Gasteiger partial charge on any atom is -0.326 e. The summed E-state index contributed by atoms with van der Waals surface area (Å²) in [5.41, 5.74) is 4.54. The normalized spacial score (nSPS) is 10.8. The van der Waals surface area contributed by atoms with E-state index in [1.54, 1.807) is 16.0 Å². The number of thiazole rings is 1. The first-order valence-electron chi connectivity index (χ1n) is 9.21. The largest absolute Gasteiger partial charge is 0.326 e. The van der Waals surface area contributed by atoms with E-state index in [1.165, 1.54) is 5.56 Å². The number of carbonyl (C=O) groups is 1. The van der Waals surface area contributed by atoms with Crippen LogP contribution in [0.2, 0.25) is 0 Å². The first kappa shape index (κ1) is 18.9. The molecule has 4 aromatic rings. The van der Waals surface area contributed by atoms with Crippen molar-refractivity contribution in [1.29, 1.82) is 0 Å². The fourth-order valence-electron chi connectivity index (χ4n) is 3.02. The molecule has 0 radical (unpaired) electrons. The van der Waals surface area contributed by atoms with E-state index < -0.39 is 0 Å². The van der Waals surface area contributed by atoms with Crippen LogP contribution >= 0.6 is 11.3 Å². The minimum absolute atomic E-state index is 0.107. The molecule has 0 bridgehead atoms. The molecule has 0 aliphatic heterocycles. The van der Waals surface area contributed by atoms with Gasteiger partial charge in [-0.25, -0.2) is 4.98 Å². The average molecular weight is 404 g/mol. The molecule has 29 heavy (non-hydrogen) atoms. The third-order valence-corrected chi connectivity index (χ3v) is 5.38. The van der Waals surface area contributed by atoms with Crippen molar-refractivity contribution >= 4 is 22.9 Å². The minimum atomic E-state index is -0.107. The number of carbonyl (C=O) groups excluding carboxylic acids is 1. The second kappa shape index (κ2) is 8.32. The molecular weight excluding hydrogens is 384 g/mol. The molecule has 0 unspecified atom stereocenters. The van der Waals surface area contributed by atoms with Crippen molar-refractivity contribution in [1.82, 2.24) is 25.2 Å². The Morgan fingerprint density at radius 2 is 1.97 bits per heavy atom. The number of nitrogens with one attached hydrogen (secondary N) is 1. The topological polar surface area (TPSA) is 85.6 Å². The van der Waals surface area contributed by atoms with Gasteiger partial charge in [-0.1, -0.05) is 36.4 Å². The Kier molecular flexibility index (Phi) is 5.44. The number of rotatable bonds is 6. The lowest BCUT2D eigenvalue weighted by molar-refractivity contribution is -0.115. The number of amides is 1. The second-order valence-electron chi connectivity index (χ2n) is 6.76. The zero-order chi connectivity index (χ0) is 20.2. The highest BCUT2D eigenvalue weighted by Gasteiger charge is 2.12. The SMILES string of the molecule is Cc1ccc(NC(=O)Cc2csc(Cc3ccccc3)n2)cc1-n1nnnc1C. The van der Waals surface area contributed by atoms with Crippen molar-refractivity contribution in [3.63, 3.8) is 0 Å². The zero-order valence-electron chi connectivity index (χ0n) is 16.2. The summed E-state index contributed by atoms with van der Waals surface area (Å²) in [6.07, 6.45) is 1.01. The van der Waals surface area contributed by atoms with Gasteiger partial charge >= 0.3 is 0 Å². The standard InChI is InChI=1S/C21H20N6OS/c1-14-8-9-17(11-19(14)27-15(2)24-25-26-27)22-20(28)12-18-13-29-21(23-18)10-16-6-4-3-5-7-16/h3-9,11,13H,10,12H2,1-2H3,(H,22,28). The van der Waals surface area contributed by atoms with Crippen LogP contribution in [-0.2, 0) is 17.6 Å². The summed E-state index contributed by atoms with van der Waals surface area (Å²) >= 11 is 1.58. The molecule has 0 spiro atoms. The lowest BCUT2D eigenvalue weighted by Gasteiger charge is -2.10. The first-order valence-corrected chi connectivity index (χ1v) is 10.1. The number of aryl methyl sites for hydroxylation is 2. The predicted octanol–water partition coefficient (Wildman–Crippen LogP) is 3.51. The van der Waals surface area contributed by atoms with Crippen LogP contribution in [-0.4, -0.2) is 31.1 Å². The monoisotopic (exact) mass is 404 g/mol. The fraction of sp³-hybridized carbons (Fsp3) is 0.190. The van der Waals surface area contributed by atoms with Gasteiger partial charge in [-0.05, 0) is 47.5 Å². The molecule has 0 fully saturated rings. The second-order valence-corrected chi connectivity index (χ2v) is 7.70. The quantitative estimate of drug-likeness (QED) is 0.532. The fourth-order valence-corrected chi connectivity index (χ4v) is 3.85.